The van der Waals surface area contributed by atoms with Gasteiger partial charge in [-0.25, -0.2) is 0 Å². The van der Waals surface area contributed by atoms with E-state index in [9.17, 15) is 5.11 Å². The van der Waals surface area contributed by atoms with Crippen LogP contribution in [0.1, 0.15) is 76.3 Å². The van der Waals surface area contributed by atoms with Crippen molar-refractivity contribution in [3.63, 3.8) is 0 Å². The van der Waals surface area contributed by atoms with E-state index < -0.39 is 0 Å². The molecule has 0 radical (unpaired) electrons. The van der Waals surface area contributed by atoms with Gasteiger partial charge < -0.3 is 5.11 Å². The van der Waals surface area contributed by atoms with Crippen LogP contribution >= 0.6 is 0 Å². The van der Waals surface area contributed by atoms with Gasteiger partial charge in [0, 0.05) is 6.20 Å². The molecular weight excluding hydrogens is 236 g/mol. The van der Waals surface area contributed by atoms with Crippen molar-refractivity contribution in [2.75, 3.05) is 0 Å². The first-order valence-electron chi connectivity index (χ1n) is 7.83. The molecule has 2 fully saturated rings. The number of hydrogen-bond acceptors (Lipinski definition) is 2. The maximum absolute atomic E-state index is 10.1. The molecule has 0 bridgehead atoms. The Morgan fingerprint density at radius 3 is 2.68 bits per heavy atom. The smallest absolute Gasteiger partial charge is 0.0600 e. The number of hydrogen-bond donors (Lipinski definition) is 1. The largest absolute Gasteiger partial charge is 0.393 e. The molecule has 2 atom stereocenters. The molecule has 1 aromatic rings. The molecule has 106 valence electrons. The summed E-state index contributed by atoms with van der Waals surface area (Å²) in [7, 11) is 0. The second-order valence-electron chi connectivity index (χ2n) is 6.92. The highest BCUT2D eigenvalue weighted by atomic mass is 16.3. The third kappa shape index (κ3) is 2.33. The quantitative estimate of drug-likeness (QED) is 0.883. The highest BCUT2D eigenvalue weighted by Crippen LogP contribution is 2.54. The zero-order valence-electron chi connectivity index (χ0n) is 12.2. The third-order valence-electron chi connectivity index (χ3n) is 5.38. The molecule has 0 aromatic carbocycles. The van der Waals surface area contributed by atoms with Crippen LogP contribution in [0.15, 0.2) is 12.4 Å². The van der Waals surface area contributed by atoms with Gasteiger partial charge in [0.1, 0.15) is 0 Å². The number of aromatic nitrogens is 2. The second-order valence-corrected chi connectivity index (χ2v) is 6.92. The molecule has 0 amide bonds. The molecule has 3 heteroatoms. The number of nitrogens with zero attached hydrogens (tertiary/aromatic N) is 2. The lowest BCUT2D eigenvalue weighted by Crippen LogP contribution is -2.38. The van der Waals surface area contributed by atoms with Gasteiger partial charge in [-0.05, 0) is 49.0 Å². The normalized spacial score (nSPS) is 30.3. The fourth-order valence-corrected chi connectivity index (χ4v) is 4.12. The predicted octanol–water partition coefficient (Wildman–Crippen LogP) is 3.65. The Bertz CT molecular complexity index is 432. The van der Waals surface area contributed by atoms with Crippen LogP contribution in [0.3, 0.4) is 0 Å². The SMILES string of the molecule is CC(C)c1cnn(C2CC(O)CCC23CCCC3)c1. The van der Waals surface area contributed by atoms with Crippen molar-refractivity contribution in [1.82, 2.24) is 9.78 Å². The second kappa shape index (κ2) is 4.93. The van der Waals surface area contributed by atoms with Crippen LogP contribution in [0.4, 0.5) is 0 Å². The first-order valence-corrected chi connectivity index (χ1v) is 7.83. The van der Waals surface area contributed by atoms with E-state index in [0.717, 1.165) is 12.8 Å². The van der Waals surface area contributed by atoms with Crippen molar-refractivity contribution in [1.29, 1.82) is 0 Å². The van der Waals surface area contributed by atoms with Crippen LogP contribution in [0.5, 0.6) is 0 Å². The van der Waals surface area contributed by atoms with Crippen LogP contribution in [0, 0.1) is 5.41 Å². The van der Waals surface area contributed by atoms with Gasteiger partial charge in [-0.15, -0.1) is 0 Å². The van der Waals surface area contributed by atoms with Gasteiger partial charge in [-0.2, -0.15) is 5.10 Å². The van der Waals surface area contributed by atoms with E-state index in [1.807, 2.05) is 6.20 Å². The summed E-state index contributed by atoms with van der Waals surface area (Å²) >= 11 is 0. The molecular formula is C16H26N2O. The Morgan fingerprint density at radius 1 is 1.32 bits per heavy atom. The van der Waals surface area contributed by atoms with E-state index >= 15 is 0 Å². The lowest BCUT2D eigenvalue weighted by atomic mass is 9.68. The molecule has 1 heterocycles. The molecule has 1 aromatic heterocycles. The van der Waals surface area contributed by atoms with Gasteiger partial charge in [-0.1, -0.05) is 26.7 Å². The standard InChI is InChI=1S/C16H26N2O/c1-12(2)13-10-17-18(11-13)15-9-14(19)5-8-16(15)6-3-4-7-16/h10-12,14-15,19H,3-9H2,1-2H3. The van der Waals surface area contributed by atoms with Gasteiger partial charge >= 0.3 is 0 Å². The van der Waals surface area contributed by atoms with E-state index in [1.54, 1.807) is 0 Å². The first-order chi connectivity index (χ1) is 9.11. The van der Waals surface area contributed by atoms with Crippen molar-refractivity contribution in [3.8, 4) is 0 Å². The van der Waals surface area contributed by atoms with E-state index in [0.29, 0.717) is 17.4 Å². The molecule has 2 aliphatic rings. The lowest BCUT2D eigenvalue weighted by molar-refractivity contribution is 0.0124. The minimum absolute atomic E-state index is 0.136. The van der Waals surface area contributed by atoms with Crippen LogP contribution < -0.4 is 0 Å². The average Bonchev–Trinajstić information content (AvgIpc) is 3.03. The van der Waals surface area contributed by atoms with E-state index in [-0.39, 0.29) is 6.10 Å². The van der Waals surface area contributed by atoms with Crippen molar-refractivity contribution in [3.05, 3.63) is 18.0 Å². The Kier molecular flexibility index (Phi) is 3.42. The van der Waals surface area contributed by atoms with Crippen LogP contribution in [0.25, 0.3) is 0 Å². The Labute approximate surface area is 116 Å². The van der Waals surface area contributed by atoms with Crippen LogP contribution in [-0.2, 0) is 0 Å². The van der Waals surface area contributed by atoms with E-state index in [4.69, 9.17) is 0 Å². The minimum Gasteiger partial charge on any atom is -0.393 e. The first kappa shape index (κ1) is 13.2. The highest BCUT2D eigenvalue weighted by Gasteiger charge is 2.46. The van der Waals surface area contributed by atoms with Crippen molar-refractivity contribution in [2.45, 2.75) is 76.9 Å². The van der Waals surface area contributed by atoms with Gasteiger partial charge in [0.25, 0.3) is 0 Å². The maximum atomic E-state index is 10.1. The molecule has 1 spiro atoms. The number of aliphatic hydroxyl groups excluding tert-OH is 1. The Hall–Kier alpha value is -0.830. The summed E-state index contributed by atoms with van der Waals surface area (Å²) in [5.41, 5.74) is 1.73. The summed E-state index contributed by atoms with van der Waals surface area (Å²) in [5, 5.41) is 14.7. The predicted molar refractivity (Wildman–Crippen MR) is 76.1 cm³/mol. The van der Waals surface area contributed by atoms with Gasteiger partial charge in [0.15, 0.2) is 0 Å². The van der Waals surface area contributed by atoms with Crippen molar-refractivity contribution >= 4 is 0 Å². The molecule has 2 unspecified atom stereocenters. The summed E-state index contributed by atoms with van der Waals surface area (Å²) < 4.78 is 2.17. The van der Waals surface area contributed by atoms with Crippen molar-refractivity contribution in [2.24, 2.45) is 5.41 Å². The average molecular weight is 262 g/mol. The third-order valence-corrected chi connectivity index (χ3v) is 5.38. The zero-order valence-corrected chi connectivity index (χ0v) is 12.2. The summed E-state index contributed by atoms with van der Waals surface area (Å²) in [5.74, 6) is 0.529. The maximum Gasteiger partial charge on any atom is 0.0600 e. The van der Waals surface area contributed by atoms with E-state index in [2.05, 4.69) is 29.8 Å². The highest BCUT2D eigenvalue weighted by molar-refractivity contribution is 5.11. The lowest BCUT2D eigenvalue weighted by Gasteiger charge is -2.43. The van der Waals surface area contributed by atoms with Gasteiger partial charge in [0.2, 0.25) is 0 Å². The Balaban J connectivity index is 1.89. The molecule has 3 rings (SSSR count). The molecule has 19 heavy (non-hydrogen) atoms. The minimum atomic E-state index is -0.136. The topological polar surface area (TPSA) is 38.0 Å². The zero-order chi connectivity index (χ0) is 13.5. The summed E-state index contributed by atoms with van der Waals surface area (Å²) in [4.78, 5) is 0. The summed E-state index contributed by atoms with van der Waals surface area (Å²) in [6.45, 7) is 4.42. The molecule has 3 nitrogen and oxygen atoms in total. The van der Waals surface area contributed by atoms with Crippen LogP contribution in [-0.4, -0.2) is 21.0 Å². The molecule has 0 saturated heterocycles. The molecule has 0 aliphatic heterocycles. The van der Waals surface area contributed by atoms with Gasteiger partial charge in [-0.3, -0.25) is 4.68 Å². The number of rotatable bonds is 2. The number of aliphatic hydroxyl groups is 1. The van der Waals surface area contributed by atoms with Crippen molar-refractivity contribution < 1.29 is 5.11 Å². The molecule has 2 aliphatic carbocycles. The molecule has 1 N–H and O–H groups in total. The Morgan fingerprint density at radius 2 is 2.05 bits per heavy atom. The summed E-state index contributed by atoms with van der Waals surface area (Å²) in [6, 6.07) is 0.409. The molecule has 2 saturated carbocycles. The van der Waals surface area contributed by atoms with Crippen LogP contribution in [0.2, 0.25) is 0 Å². The fraction of sp³-hybridized carbons (Fsp3) is 0.812. The van der Waals surface area contributed by atoms with Gasteiger partial charge in [0.05, 0.1) is 18.3 Å². The van der Waals surface area contributed by atoms with E-state index in [1.165, 1.54) is 37.7 Å². The summed E-state index contributed by atoms with van der Waals surface area (Å²) in [6.07, 6.45) is 12.5. The monoisotopic (exact) mass is 262 g/mol. The fourth-order valence-electron chi connectivity index (χ4n) is 4.12.